The summed E-state index contributed by atoms with van der Waals surface area (Å²) >= 11 is 5.72. The van der Waals surface area contributed by atoms with Gasteiger partial charge in [-0.3, -0.25) is 0 Å². The zero-order chi connectivity index (χ0) is 17.3. The summed E-state index contributed by atoms with van der Waals surface area (Å²) in [5, 5.41) is 9.73. The van der Waals surface area contributed by atoms with Crippen molar-refractivity contribution in [2.45, 2.75) is 0 Å². The van der Waals surface area contributed by atoms with E-state index in [1.807, 2.05) is 30.3 Å². The van der Waals surface area contributed by atoms with E-state index < -0.39 is 11.6 Å². The number of nitrogens with zero attached hydrogens (tertiary/aromatic N) is 1. The van der Waals surface area contributed by atoms with Gasteiger partial charge in [0, 0.05) is 29.3 Å². The van der Waals surface area contributed by atoms with E-state index in [1.54, 1.807) is 0 Å². The molecular formula is C19H12ClF2NO. The minimum Gasteiger partial charge on any atom is -0.508 e. The van der Waals surface area contributed by atoms with Crippen LogP contribution in [-0.4, -0.2) is 10.1 Å². The van der Waals surface area contributed by atoms with Gasteiger partial charge in [-0.2, -0.15) is 0 Å². The third-order valence-electron chi connectivity index (χ3n) is 3.53. The van der Waals surface area contributed by atoms with Crippen LogP contribution in [0.3, 0.4) is 0 Å². The summed E-state index contributed by atoms with van der Waals surface area (Å²) in [6.07, 6.45) is 0. The van der Waals surface area contributed by atoms with Crippen LogP contribution >= 0.6 is 11.6 Å². The molecule has 3 aromatic rings. The van der Waals surface area contributed by atoms with Gasteiger partial charge in [-0.15, -0.1) is 0 Å². The maximum absolute atomic E-state index is 14.1. The van der Waals surface area contributed by atoms with Gasteiger partial charge in [0.25, 0.3) is 0 Å². The predicted octanol–water partition coefficient (Wildman–Crippen LogP) is 5.45. The highest BCUT2D eigenvalue weighted by Gasteiger charge is 2.14. The summed E-state index contributed by atoms with van der Waals surface area (Å²) < 4.78 is 27.4. The summed E-state index contributed by atoms with van der Waals surface area (Å²) in [6, 6.07) is 13.8. The number of pyridine rings is 1. The number of halogens is 3. The van der Waals surface area contributed by atoms with E-state index in [0.29, 0.717) is 17.3 Å². The summed E-state index contributed by atoms with van der Waals surface area (Å²) in [5.74, 6) is -1.77. The Balaban J connectivity index is 2.11. The highest BCUT2D eigenvalue weighted by molar-refractivity contribution is 6.31. The summed E-state index contributed by atoms with van der Waals surface area (Å²) in [4.78, 5) is 4.33. The summed E-state index contributed by atoms with van der Waals surface area (Å²) in [7, 11) is 0. The van der Waals surface area contributed by atoms with E-state index in [0.717, 1.165) is 11.6 Å². The van der Waals surface area contributed by atoms with Crippen molar-refractivity contribution in [1.29, 1.82) is 0 Å². The highest BCUT2D eigenvalue weighted by Crippen LogP contribution is 2.31. The number of hydrogen-bond donors (Lipinski definition) is 1. The lowest BCUT2D eigenvalue weighted by Gasteiger charge is -2.10. The first kappa shape index (κ1) is 16.1. The van der Waals surface area contributed by atoms with Crippen LogP contribution in [-0.2, 0) is 0 Å². The van der Waals surface area contributed by atoms with Gasteiger partial charge in [-0.25, -0.2) is 13.8 Å². The molecule has 0 radical (unpaired) electrons. The maximum Gasteiger partial charge on any atom is 0.144 e. The Labute approximate surface area is 142 Å². The van der Waals surface area contributed by atoms with Crippen molar-refractivity contribution in [3.63, 3.8) is 0 Å². The molecular weight excluding hydrogens is 332 g/mol. The van der Waals surface area contributed by atoms with Crippen molar-refractivity contribution in [2.75, 3.05) is 0 Å². The molecule has 0 saturated carbocycles. The minimum absolute atomic E-state index is 0.000545. The molecule has 0 bridgehead atoms. The van der Waals surface area contributed by atoms with Gasteiger partial charge >= 0.3 is 0 Å². The van der Waals surface area contributed by atoms with Crippen LogP contribution in [0.1, 0.15) is 11.3 Å². The number of aromatic hydroxyl groups is 1. The van der Waals surface area contributed by atoms with Gasteiger partial charge in [0.1, 0.15) is 17.4 Å². The van der Waals surface area contributed by atoms with Gasteiger partial charge in [-0.05, 0) is 11.6 Å². The van der Waals surface area contributed by atoms with Crippen molar-refractivity contribution in [3.8, 4) is 17.0 Å². The molecule has 0 aliphatic carbocycles. The highest BCUT2D eigenvalue weighted by atomic mass is 35.5. The second kappa shape index (κ2) is 6.42. The summed E-state index contributed by atoms with van der Waals surface area (Å²) in [6.45, 7) is 3.97. The van der Waals surface area contributed by atoms with Crippen LogP contribution in [0.5, 0.6) is 5.75 Å². The van der Waals surface area contributed by atoms with Gasteiger partial charge < -0.3 is 5.11 Å². The van der Waals surface area contributed by atoms with Crippen molar-refractivity contribution < 1.29 is 13.9 Å². The second-order valence-electron chi connectivity index (χ2n) is 5.19. The standard InChI is InChI=1S/C19H12ClF2NO/c1-11(12-5-3-2-4-6-12)18-7-13(24)8-19(23-18)14-9-15(20)17(22)10-16(14)21/h2-10H,1H2,(H,23,24). The van der Waals surface area contributed by atoms with Crippen molar-refractivity contribution in [3.05, 3.63) is 89.1 Å². The lowest BCUT2D eigenvalue weighted by molar-refractivity contribution is 0.474. The Morgan fingerprint density at radius 3 is 2.42 bits per heavy atom. The first-order valence-corrected chi connectivity index (χ1v) is 7.44. The van der Waals surface area contributed by atoms with Crippen molar-refractivity contribution in [2.24, 2.45) is 0 Å². The monoisotopic (exact) mass is 343 g/mol. The quantitative estimate of drug-likeness (QED) is 0.642. The summed E-state index contributed by atoms with van der Waals surface area (Å²) in [5.41, 5.74) is 1.91. The number of benzene rings is 2. The normalized spacial score (nSPS) is 10.6. The molecule has 3 rings (SSSR count). The Morgan fingerprint density at radius 2 is 1.71 bits per heavy atom. The van der Waals surface area contributed by atoms with Crippen molar-refractivity contribution in [1.82, 2.24) is 4.98 Å². The average Bonchev–Trinajstić information content (AvgIpc) is 2.57. The molecule has 0 aliphatic rings. The van der Waals surface area contributed by atoms with E-state index in [-0.39, 0.29) is 22.0 Å². The number of aromatic nitrogens is 1. The topological polar surface area (TPSA) is 33.1 Å². The van der Waals surface area contributed by atoms with Gasteiger partial charge in [0.15, 0.2) is 0 Å². The Hall–Kier alpha value is -2.72. The van der Waals surface area contributed by atoms with Gasteiger partial charge in [-0.1, -0.05) is 48.5 Å². The minimum atomic E-state index is -0.855. The first-order chi connectivity index (χ1) is 11.5. The molecule has 24 heavy (non-hydrogen) atoms. The van der Waals surface area contributed by atoms with Crippen LogP contribution in [0, 0.1) is 11.6 Å². The molecule has 0 amide bonds. The zero-order valence-electron chi connectivity index (χ0n) is 12.4. The van der Waals surface area contributed by atoms with E-state index in [1.165, 1.54) is 12.1 Å². The predicted molar refractivity (Wildman–Crippen MR) is 90.8 cm³/mol. The molecule has 120 valence electrons. The molecule has 2 nitrogen and oxygen atoms in total. The van der Waals surface area contributed by atoms with Crippen LogP contribution < -0.4 is 0 Å². The molecule has 5 heteroatoms. The largest absolute Gasteiger partial charge is 0.508 e. The molecule has 0 unspecified atom stereocenters. The smallest absolute Gasteiger partial charge is 0.144 e. The number of hydrogen-bond acceptors (Lipinski definition) is 2. The van der Waals surface area contributed by atoms with E-state index in [4.69, 9.17) is 11.6 Å². The number of rotatable bonds is 3. The van der Waals surface area contributed by atoms with Crippen LogP contribution in [0.4, 0.5) is 8.78 Å². The Morgan fingerprint density at radius 1 is 1.00 bits per heavy atom. The van der Waals surface area contributed by atoms with Crippen LogP contribution in [0.15, 0.2) is 61.2 Å². The fourth-order valence-electron chi connectivity index (χ4n) is 2.31. The molecule has 1 heterocycles. The first-order valence-electron chi connectivity index (χ1n) is 7.06. The maximum atomic E-state index is 14.1. The molecule has 0 saturated heterocycles. The molecule has 1 aromatic heterocycles. The van der Waals surface area contributed by atoms with Crippen molar-refractivity contribution >= 4 is 17.2 Å². The van der Waals surface area contributed by atoms with Crippen LogP contribution in [0.2, 0.25) is 5.02 Å². The van der Waals surface area contributed by atoms with Crippen LogP contribution in [0.25, 0.3) is 16.8 Å². The SMILES string of the molecule is C=C(c1ccccc1)c1cc(O)cc(-c2cc(Cl)c(F)cc2F)n1. The molecule has 0 fully saturated rings. The van der Waals surface area contributed by atoms with E-state index in [2.05, 4.69) is 11.6 Å². The fourth-order valence-corrected chi connectivity index (χ4v) is 2.48. The lowest BCUT2D eigenvalue weighted by atomic mass is 10.0. The van der Waals surface area contributed by atoms with Gasteiger partial charge in [0.05, 0.1) is 16.4 Å². The second-order valence-corrected chi connectivity index (χ2v) is 5.59. The molecule has 1 N–H and O–H groups in total. The fraction of sp³-hybridized carbons (Fsp3) is 0. The van der Waals surface area contributed by atoms with E-state index in [9.17, 15) is 13.9 Å². The Kier molecular flexibility index (Phi) is 4.32. The molecule has 0 aliphatic heterocycles. The zero-order valence-corrected chi connectivity index (χ0v) is 13.2. The third kappa shape index (κ3) is 3.14. The average molecular weight is 344 g/mol. The molecule has 0 atom stereocenters. The van der Waals surface area contributed by atoms with Gasteiger partial charge in [0.2, 0.25) is 0 Å². The lowest BCUT2D eigenvalue weighted by Crippen LogP contribution is -1.96. The van der Waals surface area contributed by atoms with E-state index >= 15 is 0 Å². The molecule has 2 aromatic carbocycles. The Bertz CT molecular complexity index is 926. The molecule has 0 spiro atoms. The third-order valence-corrected chi connectivity index (χ3v) is 3.82.